The fourth-order valence-electron chi connectivity index (χ4n) is 3.12. The van der Waals surface area contributed by atoms with E-state index in [1.54, 1.807) is 0 Å². The molecule has 0 bridgehead atoms. The number of rotatable bonds is 5. The Morgan fingerprint density at radius 1 is 1.19 bits per heavy atom. The maximum atomic E-state index is 9.41. The summed E-state index contributed by atoms with van der Waals surface area (Å²) < 4.78 is 1.39. The Hall–Kier alpha value is -0.940. The van der Waals surface area contributed by atoms with Crippen LogP contribution in [0.15, 0.2) is 30.3 Å². The summed E-state index contributed by atoms with van der Waals surface area (Å²) in [4.78, 5) is 6.42. The Morgan fingerprint density at radius 3 is 2.62 bits per heavy atom. The summed E-state index contributed by atoms with van der Waals surface area (Å²) in [5.74, 6) is 0. The van der Waals surface area contributed by atoms with Crippen LogP contribution in [0.5, 0.6) is 0 Å². The molecule has 1 aromatic carbocycles. The predicted molar refractivity (Wildman–Crippen MR) is 89.8 cm³/mol. The predicted octanol–water partition coefficient (Wildman–Crippen LogP) is 2.79. The summed E-state index contributed by atoms with van der Waals surface area (Å²) in [7, 11) is 0. The Bertz CT molecular complexity index is 538. The molecule has 3 rings (SSSR count). The van der Waals surface area contributed by atoms with Crippen LogP contribution >= 0.6 is 11.3 Å². The smallest absolute Gasteiger partial charge is 0.0586 e. The number of hydrogen-bond acceptors (Lipinski definition) is 4. The molecule has 1 aliphatic rings. The van der Waals surface area contributed by atoms with Gasteiger partial charge in [-0.2, -0.15) is 0 Å². The van der Waals surface area contributed by atoms with Gasteiger partial charge in [0.15, 0.2) is 0 Å². The quantitative estimate of drug-likeness (QED) is 0.920. The number of piperazine rings is 1. The van der Waals surface area contributed by atoms with Crippen molar-refractivity contribution in [3.05, 3.63) is 35.2 Å². The number of aliphatic hydroxyl groups excluding tert-OH is 1. The van der Waals surface area contributed by atoms with Gasteiger partial charge in [-0.25, -0.2) is 0 Å². The molecule has 0 amide bonds. The molecule has 4 heteroatoms. The standard InChI is InChI=1S/C17H24N2OS/c1-2-15(13-20)19-9-7-18(8-10-19)12-16-11-14-5-3-4-6-17(14)21-16/h3-6,11,15,20H,2,7-10,12-13H2,1H3/t15-/m1/s1. The van der Waals surface area contributed by atoms with Crippen molar-refractivity contribution in [3.8, 4) is 0 Å². The maximum Gasteiger partial charge on any atom is 0.0586 e. The second-order valence-electron chi connectivity index (χ2n) is 5.81. The molecule has 2 aromatic rings. The van der Waals surface area contributed by atoms with Gasteiger partial charge < -0.3 is 5.11 Å². The van der Waals surface area contributed by atoms with Crippen molar-refractivity contribution in [2.45, 2.75) is 25.9 Å². The zero-order chi connectivity index (χ0) is 14.7. The molecule has 0 spiro atoms. The van der Waals surface area contributed by atoms with E-state index in [-0.39, 0.29) is 6.61 Å². The van der Waals surface area contributed by atoms with E-state index in [9.17, 15) is 5.11 Å². The van der Waals surface area contributed by atoms with Gasteiger partial charge in [-0.3, -0.25) is 9.80 Å². The fourth-order valence-corrected chi connectivity index (χ4v) is 4.23. The lowest BCUT2D eigenvalue weighted by Crippen LogP contribution is -2.50. The van der Waals surface area contributed by atoms with Crippen molar-refractivity contribution in [1.82, 2.24) is 9.80 Å². The van der Waals surface area contributed by atoms with E-state index in [1.807, 2.05) is 11.3 Å². The molecule has 0 radical (unpaired) electrons. The van der Waals surface area contributed by atoms with E-state index in [0.29, 0.717) is 6.04 Å². The Kier molecular flexibility index (Phi) is 4.91. The number of benzene rings is 1. The SMILES string of the molecule is CC[C@H](CO)N1CCN(Cc2cc3ccccc3s2)CC1. The summed E-state index contributed by atoms with van der Waals surface area (Å²) in [5, 5.41) is 10.8. The van der Waals surface area contributed by atoms with E-state index < -0.39 is 0 Å². The Labute approximate surface area is 130 Å². The fraction of sp³-hybridized carbons (Fsp3) is 0.529. The molecule has 114 valence electrons. The first-order valence-electron chi connectivity index (χ1n) is 7.85. The van der Waals surface area contributed by atoms with Crippen molar-refractivity contribution >= 4 is 21.4 Å². The lowest BCUT2D eigenvalue weighted by atomic mass is 10.1. The van der Waals surface area contributed by atoms with Gasteiger partial charge in [-0.05, 0) is 23.9 Å². The van der Waals surface area contributed by atoms with E-state index in [2.05, 4.69) is 47.1 Å². The van der Waals surface area contributed by atoms with Crippen LogP contribution in [0.3, 0.4) is 0 Å². The van der Waals surface area contributed by atoms with Gasteiger partial charge in [-0.1, -0.05) is 25.1 Å². The molecule has 1 saturated heterocycles. The maximum absolute atomic E-state index is 9.41. The van der Waals surface area contributed by atoms with Crippen LogP contribution < -0.4 is 0 Å². The summed E-state index contributed by atoms with van der Waals surface area (Å²) in [6.45, 7) is 7.85. The van der Waals surface area contributed by atoms with Crippen LogP contribution in [0.2, 0.25) is 0 Å². The van der Waals surface area contributed by atoms with Gasteiger partial charge in [-0.15, -0.1) is 11.3 Å². The minimum absolute atomic E-state index is 0.285. The molecule has 2 heterocycles. The highest BCUT2D eigenvalue weighted by Gasteiger charge is 2.22. The van der Waals surface area contributed by atoms with Gasteiger partial charge in [0.25, 0.3) is 0 Å². The first-order valence-corrected chi connectivity index (χ1v) is 8.66. The van der Waals surface area contributed by atoms with Crippen LogP contribution in [-0.4, -0.2) is 53.7 Å². The second-order valence-corrected chi connectivity index (χ2v) is 6.98. The molecule has 0 saturated carbocycles. The average molecular weight is 304 g/mol. The van der Waals surface area contributed by atoms with Crippen LogP contribution in [0.25, 0.3) is 10.1 Å². The zero-order valence-electron chi connectivity index (χ0n) is 12.7. The minimum atomic E-state index is 0.285. The zero-order valence-corrected chi connectivity index (χ0v) is 13.5. The van der Waals surface area contributed by atoms with E-state index in [4.69, 9.17) is 0 Å². The largest absolute Gasteiger partial charge is 0.395 e. The summed E-state index contributed by atoms with van der Waals surface area (Å²) >= 11 is 1.91. The Morgan fingerprint density at radius 2 is 1.95 bits per heavy atom. The van der Waals surface area contributed by atoms with Gasteiger partial charge >= 0.3 is 0 Å². The van der Waals surface area contributed by atoms with Gasteiger partial charge in [0, 0.05) is 48.3 Å². The highest BCUT2D eigenvalue weighted by molar-refractivity contribution is 7.19. The van der Waals surface area contributed by atoms with E-state index in [0.717, 1.165) is 39.1 Å². The van der Waals surface area contributed by atoms with Crippen LogP contribution in [-0.2, 0) is 6.54 Å². The molecule has 1 fully saturated rings. The third-order valence-corrected chi connectivity index (χ3v) is 5.56. The highest BCUT2D eigenvalue weighted by atomic mass is 32.1. The van der Waals surface area contributed by atoms with Crippen LogP contribution in [0.4, 0.5) is 0 Å². The first-order chi connectivity index (χ1) is 10.3. The Balaban J connectivity index is 1.57. The topological polar surface area (TPSA) is 26.7 Å². The third kappa shape index (κ3) is 3.46. The second kappa shape index (κ2) is 6.88. The average Bonchev–Trinajstić information content (AvgIpc) is 2.92. The van der Waals surface area contributed by atoms with Gasteiger partial charge in [0.2, 0.25) is 0 Å². The molecule has 1 aromatic heterocycles. The number of fused-ring (bicyclic) bond motifs is 1. The van der Waals surface area contributed by atoms with Crippen molar-refractivity contribution in [2.75, 3.05) is 32.8 Å². The van der Waals surface area contributed by atoms with Crippen molar-refractivity contribution < 1.29 is 5.11 Å². The molecular formula is C17H24N2OS. The van der Waals surface area contributed by atoms with Crippen LogP contribution in [0.1, 0.15) is 18.2 Å². The molecule has 0 unspecified atom stereocenters. The molecule has 3 nitrogen and oxygen atoms in total. The first kappa shape index (κ1) is 15.0. The van der Waals surface area contributed by atoms with E-state index in [1.165, 1.54) is 15.0 Å². The summed E-state index contributed by atoms with van der Waals surface area (Å²) in [5.41, 5.74) is 0. The van der Waals surface area contributed by atoms with Crippen LogP contribution in [0, 0.1) is 0 Å². The normalized spacial score (nSPS) is 19.1. The van der Waals surface area contributed by atoms with Crippen molar-refractivity contribution in [2.24, 2.45) is 0 Å². The number of thiophene rings is 1. The number of nitrogens with zero attached hydrogens (tertiary/aromatic N) is 2. The number of hydrogen-bond donors (Lipinski definition) is 1. The highest BCUT2D eigenvalue weighted by Crippen LogP contribution is 2.26. The summed E-state index contributed by atoms with van der Waals surface area (Å²) in [6, 6.07) is 11.3. The lowest BCUT2D eigenvalue weighted by Gasteiger charge is -2.38. The van der Waals surface area contributed by atoms with Gasteiger partial charge in [0.1, 0.15) is 0 Å². The number of aliphatic hydroxyl groups is 1. The lowest BCUT2D eigenvalue weighted by molar-refractivity contribution is 0.0612. The van der Waals surface area contributed by atoms with E-state index >= 15 is 0 Å². The molecule has 0 aliphatic carbocycles. The molecule has 1 aliphatic heterocycles. The third-order valence-electron chi connectivity index (χ3n) is 4.46. The van der Waals surface area contributed by atoms with Crippen molar-refractivity contribution in [3.63, 3.8) is 0 Å². The van der Waals surface area contributed by atoms with Crippen molar-refractivity contribution in [1.29, 1.82) is 0 Å². The molecule has 21 heavy (non-hydrogen) atoms. The summed E-state index contributed by atoms with van der Waals surface area (Å²) in [6.07, 6.45) is 1.03. The molecular weight excluding hydrogens is 280 g/mol. The van der Waals surface area contributed by atoms with Gasteiger partial charge in [0.05, 0.1) is 6.61 Å². The molecule has 1 atom stereocenters. The minimum Gasteiger partial charge on any atom is -0.395 e. The monoisotopic (exact) mass is 304 g/mol. The molecule has 1 N–H and O–H groups in total.